The summed E-state index contributed by atoms with van der Waals surface area (Å²) in [6.45, 7) is 2.45. The van der Waals surface area contributed by atoms with Crippen LogP contribution >= 0.6 is 0 Å². The van der Waals surface area contributed by atoms with E-state index in [2.05, 4.69) is 5.32 Å². The summed E-state index contributed by atoms with van der Waals surface area (Å²) in [7, 11) is 0. The van der Waals surface area contributed by atoms with E-state index in [0.717, 1.165) is 6.07 Å². The normalized spacial score (nSPS) is 13.7. The Morgan fingerprint density at radius 2 is 1.65 bits per heavy atom. The fourth-order valence-corrected chi connectivity index (χ4v) is 3.41. The van der Waals surface area contributed by atoms with E-state index >= 15 is 4.39 Å². The monoisotopic (exact) mass is 471 g/mol. The molecule has 178 valence electrons. The van der Waals surface area contributed by atoms with Crippen LogP contribution in [-0.2, 0) is 17.5 Å². The van der Waals surface area contributed by atoms with E-state index in [0.29, 0.717) is 16.7 Å². The smallest absolute Gasteiger partial charge is 0.394 e. The maximum Gasteiger partial charge on any atom is 0.416 e. The molecule has 0 aliphatic rings. The molecule has 2 N–H and O–H groups in total. The molecule has 3 rings (SSSR count). The van der Waals surface area contributed by atoms with Gasteiger partial charge in [-0.1, -0.05) is 66.7 Å². The maximum atomic E-state index is 15.1. The van der Waals surface area contributed by atoms with Crippen LogP contribution in [0.15, 0.2) is 66.7 Å². The lowest BCUT2D eigenvalue weighted by molar-refractivity contribution is -0.137. The standard InChI is InChI=1S/C27H25F4NO2/c1-18(34)26(2,17-33)32-16-19-11-14-24(27(29,30)31)22(15-19)13-12-21-9-6-10-23(25(21)28)20-7-4-3-5-8-20/h3-15,32-33H,16-17H2,1-2H3/b13-12+/t26-/m1/s1. The van der Waals surface area contributed by atoms with E-state index in [4.69, 9.17) is 0 Å². The number of nitrogens with one attached hydrogen (secondary N) is 1. The Kier molecular flexibility index (Phi) is 7.69. The van der Waals surface area contributed by atoms with E-state index in [1.807, 2.05) is 6.07 Å². The van der Waals surface area contributed by atoms with Crippen LogP contribution in [0.25, 0.3) is 23.3 Å². The van der Waals surface area contributed by atoms with Gasteiger partial charge in [0.05, 0.1) is 17.7 Å². The zero-order valence-corrected chi connectivity index (χ0v) is 18.8. The van der Waals surface area contributed by atoms with Crippen molar-refractivity contribution in [2.75, 3.05) is 6.61 Å². The molecule has 7 heteroatoms. The third kappa shape index (κ3) is 5.79. The summed E-state index contributed by atoms with van der Waals surface area (Å²) >= 11 is 0. The highest BCUT2D eigenvalue weighted by molar-refractivity contribution is 5.85. The van der Waals surface area contributed by atoms with Crippen molar-refractivity contribution < 1.29 is 27.5 Å². The largest absolute Gasteiger partial charge is 0.416 e. The van der Waals surface area contributed by atoms with Crippen LogP contribution in [0.2, 0.25) is 0 Å². The molecule has 0 saturated heterocycles. The van der Waals surface area contributed by atoms with E-state index in [1.165, 1.54) is 44.2 Å². The highest BCUT2D eigenvalue weighted by Gasteiger charge is 2.33. The first-order valence-electron chi connectivity index (χ1n) is 10.6. The molecule has 3 aromatic carbocycles. The summed E-state index contributed by atoms with van der Waals surface area (Å²) in [5.74, 6) is -0.827. The fraction of sp³-hybridized carbons (Fsp3) is 0.222. The number of carbonyl (C=O) groups excluding carboxylic acids is 1. The molecule has 34 heavy (non-hydrogen) atoms. The average Bonchev–Trinajstić information content (AvgIpc) is 2.81. The van der Waals surface area contributed by atoms with Crippen molar-refractivity contribution in [2.24, 2.45) is 0 Å². The molecule has 0 aliphatic heterocycles. The molecule has 0 radical (unpaired) electrons. The van der Waals surface area contributed by atoms with Crippen LogP contribution in [0.4, 0.5) is 17.6 Å². The van der Waals surface area contributed by atoms with Gasteiger partial charge < -0.3 is 5.11 Å². The van der Waals surface area contributed by atoms with Gasteiger partial charge in [-0.2, -0.15) is 13.2 Å². The van der Waals surface area contributed by atoms with Gasteiger partial charge in [0.2, 0.25) is 0 Å². The summed E-state index contributed by atoms with van der Waals surface area (Å²) < 4.78 is 55.9. The molecule has 3 aromatic rings. The molecular formula is C27H25F4NO2. The second-order valence-corrected chi connectivity index (χ2v) is 8.23. The lowest BCUT2D eigenvalue weighted by Crippen LogP contribution is -2.51. The van der Waals surface area contributed by atoms with Gasteiger partial charge in [0.15, 0.2) is 5.78 Å². The molecule has 0 heterocycles. The Morgan fingerprint density at radius 3 is 2.26 bits per heavy atom. The number of aliphatic hydroxyl groups excluding tert-OH is 1. The molecule has 0 aliphatic carbocycles. The third-order valence-electron chi connectivity index (χ3n) is 5.75. The molecule has 1 atom stereocenters. The van der Waals surface area contributed by atoms with Gasteiger partial charge in [-0.25, -0.2) is 4.39 Å². The number of halogens is 4. The van der Waals surface area contributed by atoms with Crippen molar-refractivity contribution in [1.82, 2.24) is 5.32 Å². The molecule has 0 unspecified atom stereocenters. The van der Waals surface area contributed by atoms with Crippen molar-refractivity contribution in [3.8, 4) is 11.1 Å². The maximum absolute atomic E-state index is 15.1. The van der Waals surface area contributed by atoms with Crippen LogP contribution < -0.4 is 5.32 Å². The number of alkyl halides is 3. The summed E-state index contributed by atoms with van der Waals surface area (Å²) in [6.07, 6.45) is -2.05. The first kappa shape index (κ1) is 25.3. The van der Waals surface area contributed by atoms with Crippen molar-refractivity contribution in [3.63, 3.8) is 0 Å². The number of carbonyl (C=O) groups is 1. The quantitative estimate of drug-likeness (QED) is 0.308. The Bertz CT molecular complexity index is 1190. The van der Waals surface area contributed by atoms with E-state index in [-0.39, 0.29) is 23.5 Å². The van der Waals surface area contributed by atoms with E-state index in [9.17, 15) is 23.1 Å². The molecule has 0 amide bonds. The minimum absolute atomic E-state index is 0.0630. The first-order valence-corrected chi connectivity index (χ1v) is 10.6. The number of Topliss-reactive ketones (excluding diaryl/α,β-unsaturated/α-hetero) is 1. The third-order valence-corrected chi connectivity index (χ3v) is 5.75. The lowest BCUT2D eigenvalue weighted by atomic mass is 9.97. The second-order valence-electron chi connectivity index (χ2n) is 8.23. The van der Waals surface area contributed by atoms with Crippen LogP contribution in [0, 0.1) is 5.82 Å². The van der Waals surface area contributed by atoms with Gasteiger partial charge in [0.25, 0.3) is 0 Å². The predicted molar refractivity (Wildman–Crippen MR) is 125 cm³/mol. The van der Waals surface area contributed by atoms with E-state index < -0.39 is 29.7 Å². The van der Waals surface area contributed by atoms with Crippen LogP contribution in [0.1, 0.15) is 36.1 Å². The van der Waals surface area contributed by atoms with Gasteiger partial charge >= 0.3 is 6.18 Å². The van der Waals surface area contributed by atoms with Crippen LogP contribution in [0.3, 0.4) is 0 Å². The number of aliphatic hydroxyl groups is 1. The number of ketones is 1. The van der Waals surface area contributed by atoms with Gasteiger partial charge in [-0.3, -0.25) is 10.1 Å². The van der Waals surface area contributed by atoms with Gasteiger partial charge in [-0.05, 0) is 42.7 Å². The molecule has 0 aromatic heterocycles. The van der Waals surface area contributed by atoms with E-state index in [1.54, 1.807) is 36.4 Å². The number of rotatable bonds is 8. The molecule has 3 nitrogen and oxygen atoms in total. The highest BCUT2D eigenvalue weighted by atomic mass is 19.4. The highest BCUT2D eigenvalue weighted by Crippen LogP contribution is 2.34. The van der Waals surface area contributed by atoms with Crippen molar-refractivity contribution in [1.29, 1.82) is 0 Å². The number of benzene rings is 3. The topological polar surface area (TPSA) is 49.3 Å². The number of hydrogen-bond acceptors (Lipinski definition) is 3. The summed E-state index contributed by atoms with van der Waals surface area (Å²) in [6, 6.07) is 17.2. The Hall–Kier alpha value is -3.29. The Morgan fingerprint density at radius 1 is 0.971 bits per heavy atom. The lowest BCUT2D eigenvalue weighted by Gasteiger charge is -2.26. The van der Waals surface area contributed by atoms with Crippen LogP contribution in [-0.4, -0.2) is 23.0 Å². The minimum atomic E-state index is -4.60. The molecule has 0 bridgehead atoms. The predicted octanol–water partition coefficient (Wildman–Crippen LogP) is 6.11. The zero-order chi connectivity index (χ0) is 24.9. The fourth-order valence-electron chi connectivity index (χ4n) is 3.41. The zero-order valence-electron chi connectivity index (χ0n) is 18.8. The van der Waals surface area contributed by atoms with Crippen molar-refractivity contribution in [3.05, 3.63) is 94.8 Å². The molecule has 0 saturated carbocycles. The summed E-state index contributed by atoms with van der Waals surface area (Å²) in [5, 5.41) is 12.4. The molecular weight excluding hydrogens is 446 g/mol. The Labute approximate surface area is 195 Å². The summed E-state index contributed by atoms with van der Waals surface area (Å²) in [5.41, 5.74) is -0.552. The molecule has 0 spiro atoms. The Balaban J connectivity index is 1.95. The SMILES string of the molecule is CC(=O)[C@@](C)(CO)NCc1ccc(C(F)(F)F)c(/C=C/c2cccc(-c3ccccc3)c2F)c1. The average molecular weight is 471 g/mol. The van der Waals surface area contributed by atoms with Crippen molar-refractivity contribution in [2.45, 2.75) is 32.1 Å². The second kappa shape index (κ2) is 10.3. The van der Waals surface area contributed by atoms with Gasteiger partial charge in [0, 0.05) is 17.7 Å². The van der Waals surface area contributed by atoms with Gasteiger partial charge in [-0.15, -0.1) is 0 Å². The van der Waals surface area contributed by atoms with Gasteiger partial charge in [0.1, 0.15) is 5.82 Å². The first-order chi connectivity index (χ1) is 16.0. The molecule has 0 fully saturated rings. The van der Waals surface area contributed by atoms with Crippen LogP contribution in [0.5, 0.6) is 0 Å². The number of hydrogen-bond donors (Lipinski definition) is 2. The van der Waals surface area contributed by atoms with Crippen molar-refractivity contribution >= 4 is 17.9 Å². The summed E-state index contributed by atoms with van der Waals surface area (Å²) in [4.78, 5) is 11.8. The minimum Gasteiger partial charge on any atom is -0.394 e.